The van der Waals surface area contributed by atoms with Gasteiger partial charge in [-0.3, -0.25) is 4.79 Å². The van der Waals surface area contributed by atoms with E-state index in [1.54, 1.807) is 10.4 Å². The van der Waals surface area contributed by atoms with Crippen molar-refractivity contribution in [1.82, 2.24) is 9.62 Å². The quantitative estimate of drug-likeness (QED) is 0.797. The summed E-state index contributed by atoms with van der Waals surface area (Å²) in [5.74, 6) is 0.199. The number of rotatable bonds is 6. The second kappa shape index (κ2) is 7.74. The van der Waals surface area contributed by atoms with E-state index in [0.29, 0.717) is 30.3 Å². The van der Waals surface area contributed by atoms with Gasteiger partial charge in [0.05, 0.1) is 0 Å². The minimum atomic E-state index is -3.49. The Bertz CT molecular complexity index is 642. The lowest BCUT2D eigenvalue weighted by Gasteiger charge is -2.37. The summed E-state index contributed by atoms with van der Waals surface area (Å²) in [6, 6.07) is 3.36. The molecule has 6 nitrogen and oxygen atoms in total. The second-order valence-electron chi connectivity index (χ2n) is 5.99. The van der Waals surface area contributed by atoms with Crippen molar-refractivity contribution in [2.45, 2.75) is 43.4 Å². The maximum atomic E-state index is 12.9. The van der Waals surface area contributed by atoms with Gasteiger partial charge in [-0.05, 0) is 37.3 Å². The minimum absolute atomic E-state index is 0.0810. The number of nitrogens with zero attached hydrogens (tertiary/aromatic N) is 1. The predicted molar refractivity (Wildman–Crippen MR) is 91.8 cm³/mol. The molecule has 0 spiro atoms. The van der Waals surface area contributed by atoms with Gasteiger partial charge in [0.2, 0.25) is 5.91 Å². The van der Waals surface area contributed by atoms with Crippen LogP contribution < -0.4 is 11.1 Å². The molecule has 0 aliphatic carbocycles. The van der Waals surface area contributed by atoms with E-state index >= 15 is 0 Å². The lowest BCUT2D eigenvalue weighted by Crippen LogP contribution is -2.51. The van der Waals surface area contributed by atoms with Crippen LogP contribution in [0.1, 0.15) is 31.6 Å². The Morgan fingerprint density at radius 1 is 1.48 bits per heavy atom. The molecular formula is C15H25N3O3S2. The van der Waals surface area contributed by atoms with Crippen molar-refractivity contribution in [3.63, 3.8) is 0 Å². The number of sulfonamides is 1. The molecule has 1 aliphatic rings. The highest BCUT2D eigenvalue weighted by atomic mass is 32.2. The largest absolute Gasteiger partial charge is 0.356 e. The number of amides is 1. The van der Waals surface area contributed by atoms with Crippen molar-refractivity contribution >= 4 is 27.3 Å². The van der Waals surface area contributed by atoms with Crippen LogP contribution in [0.5, 0.6) is 0 Å². The van der Waals surface area contributed by atoms with Crippen LogP contribution in [0.25, 0.3) is 0 Å². The summed E-state index contributed by atoms with van der Waals surface area (Å²) in [4.78, 5) is 11.8. The van der Waals surface area contributed by atoms with Crippen LogP contribution >= 0.6 is 11.3 Å². The maximum absolute atomic E-state index is 12.9. The Balaban J connectivity index is 2.13. The van der Waals surface area contributed by atoms with Gasteiger partial charge in [0.15, 0.2) is 0 Å². The molecule has 23 heavy (non-hydrogen) atoms. The molecule has 130 valence electrons. The lowest BCUT2D eigenvalue weighted by atomic mass is 9.93. The van der Waals surface area contributed by atoms with Crippen molar-refractivity contribution in [1.29, 1.82) is 0 Å². The first-order valence-electron chi connectivity index (χ1n) is 7.91. The number of hydrogen-bond acceptors (Lipinski definition) is 5. The van der Waals surface area contributed by atoms with Crippen molar-refractivity contribution in [2.24, 2.45) is 11.7 Å². The molecule has 2 heterocycles. The number of hydrogen-bond donors (Lipinski definition) is 2. The summed E-state index contributed by atoms with van der Waals surface area (Å²) in [5.41, 5.74) is 5.82. The van der Waals surface area contributed by atoms with Gasteiger partial charge in [0, 0.05) is 37.5 Å². The number of carbonyl (C=O) groups excluding carboxylic acids is 1. The van der Waals surface area contributed by atoms with E-state index in [2.05, 4.69) is 12.2 Å². The predicted octanol–water partition coefficient (Wildman–Crippen LogP) is 1.17. The zero-order valence-corrected chi connectivity index (χ0v) is 15.3. The smallest absolute Gasteiger partial charge is 0.252 e. The first kappa shape index (κ1) is 18.4. The van der Waals surface area contributed by atoms with E-state index in [9.17, 15) is 13.2 Å². The van der Waals surface area contributed by atoms with Gasteiger partial charge >= 0.3 is 0 Å². The Morgan fingerprint density at radius 3 is 2.87 bits per heavy atom. The van der Waals surface area contributed by atoms with Crippen molar-refractivity contribution in [2.75, 3.05) is 19.6 Å². The highest BCUT2D eigenvalue weighted by Crippen LogP contribution is 2.31. The Labute approximate surface area is 142 Å². The third-order valence-electron chi connectivity index (χ3n) is 4.25. The van der Waals surface area contributed by atoms with E-state index in [4.69, 9.17) is 5.73 Å². The molecule has 1 aliphatic heterocycles. The van der Waals surface area contributed by atoms with Gasteiger partial charge in [0.1, 0.15) is 4.21 Å². The molecule has 3 N–H and O–H groups in total. The van der Waals surface area contributed by atoms with E-state index in [0.717, 1.165) is 17.7 Å². The fourth-order valence-electron chi connectivity index (χ4n) is 2.97. The maximum Gasteiger partial charge on any atom is 0.252 e. The minimum Gasteiger partial charge on any atom is -0.356 e. The molecule has 0 radical (unpaired) electrons. The third kappa shape index (κ3) is 4.32. The standard InChI is InChI=1S/C15H25N3O3S2/c1-11-4-3-9-18(14(11)10-16)23(20,21)15-6-5-13(22-15)7-8-17-12(2)19/h5-6,11,14H,3-4,7-10,16H2,1-2H3,(H,17,19). The van der Waals surface area contributed by atoms with Crippen molar-refractivity contribution < 1.29 is 13.2 Å². The Hall–Kier alpha value is -0.960. The molecule has 1 saturated heterocycles. The zero-order chi connectivity index (χ0) is 17.0. The molecule has 1 amide bonds. The van der Waals surface area contributed by atoms with Gasteiger partial charge < -0.3 is 11.1 Å². The van der Waals surface area contributed by atoms with Crippen LogP contribution in [0.3, 0.4) is 0 Å². The van der Waals surface area contributed by atoms with Crippen LogP contribution in [0, 0.1) is 5.92 Å². The number of nitrogens with one attached hydrogen (secondary N) is 1. The fourth-order valence-corrected chi connectivity index (χ4v) is 6.22. The zero-order valence-electron chi connectivity index (χ0n) is 13.6. The van der Waals surface area contributed by atoms with Gasteiger partial charge in [-0.2, -0.15) is 4.31 Å². The van der Waals surface area contributed by atoms with Crippen LogP contribution in [-0.4, -0.2) is 44.3 Å². The Morgan fingerprint density at radius 2 is 2.22 bits per heavy atom. The molecular weight excluding hydrogens is 334 g/mol. The van der Waals surface area contributed by atoms with Gasteiger partial charge in [-0.15, -0.1) is 11.3 Å². The van der Waals surface area contributed by atoms with Crippen molar-refractivity contribution in [3.05, 3.63) is 17.0 Å². The number of piperidine rings is 1. The third-order valence-corrected chi connectivity index (χ3v) is 7.79. The number of thiophene rings is 1. The Kier molecular flexibility index (Phi) is 6.19. The highest BCUT2D eigenvalue weighted by Gasteiger charge is 2.37. The van der Waals surface area contributed by atoms with Crippen LogP contribution in [-0.2, 0) is 21.2 Å². The number of carbonyl (C=O) groups is 1. The average molecular weight is 360 g/mol. The van der Waals surface area contributed by atoms with Crippen LogP contribution in [0.2, 0.25) is 0 Å². The molecule has 2 unspecified atom stereocenters. The molecule has 0 saturated carbocycles. The normalized spacial score (nSPS) is 22.9. The van der Waals surface area contributed by atoms with Gasteiger partial charge in [-0.1, -0.05) is 6.92 Å². The highest BCUT2D eigenvalue weighted by molar-refractivity contribution is 7.91. The van der Waals surface area contributed by atoms with E-state index in [1.165, 1.54) is 18.3 Å². The van der Waals surface area contributed by atoms with Gasteiger partial charge in [-0.25, -0.2) is 8.42 Å². The summed E-state index contributed by atoms with van der Waals surface area (Å²) >= 11 is 1.28. The fraction of sp³-hybridized carbons (Fsp3) is 0.667. The van der Waals surface area contributed by atoms with Crippen LogP contribution in [0.15, 0.2) is 16.3 Å². The van der Waals surface area contributed by atoms with Crippen molar-refractivity contribution in [3.8, 4) is 0 Å². The molecule has 0 bridgehead atoms. The van der Waals surface area contributed by atoms with E-state index < -0.39 is 10.0 Å². The lowest BCUT2D eigenvalue weighted by molar-refractivity contribution is -0.118. The molecule has 1 fully saturated rings. The molecule has 1 aromatic rings. The van der Waals surface area contributed by atoms with Crippen LogP contribution in [0.4, 0.5) is 0 Å². The second-order valence-corrected chi connectivity index (χ2v) is 9.28. The molecule has 2 rings (SSSR count). The summed E-state index contributed by atoms with van der Waals surface area (Å²) in [6.45, 7) is 4.93. The topological polar surface area (TPSA) is 92.5 Å². The molecule has 0 aromatic carbocycles. The molecule has 2 atom stereocenters. The van der Waals surface area contributed by atoms with Gasteiger partial charge in [0.25, 0.3) is 10.0 Å². The van der Waals surface area contributed by atoms with E-state index in [1.807, 2.05) is 6.07 Å². The monoisotopic (exact) mass is 359 g/mol. The summed E-state index contributed by atoms with van der Waals surface area (Å²) < 4.78 is 27.8. The SMILES string of the molecule is CC(=O)NCCc1ccc(S(=O)(=O)N2CCCC(C)C2CN)s1. The first-order chi connectivity index (χ1) is 10.9. The summed E-state index contributed by atoms with van der Waals surface area (Å²) in [6.07, 6.45) is 2.52. The molecule has 8 heteroatoms. The van der Waals surface area contributed by atoms with E-state index in [-0.39, 0.29) is 17.9 Å². The summed E-state index contributed by atoms with van der Waals surface area (Å²) in [5, 5.41) is 2.72. The molecule has 1 aromatic heterocycles. The number of nitrogens with two attached hydrogens (primary N) is 1. The average Bonchev–Trinajstić information content (AvgIpc) is 2.96. The first-order valence-corrected chi connectivity index (χ1v) is 10.2. The summed E-state index contributed by atoms with van der Waals surface area (Å²) in [7, 11) is -3.49.